The molecule has 0 fully saturated rings. The lowest BCUT2D eigenvalue weighted by atomic mass is 9.97. The minimum Gasteiger partial charge on any atom is -0.0648 e. The van der Waals surface area contributed by atoms with Gasteiger partial charge in [-0.2, -0.15) is 0 Å². The summed E-state index contributed by atoms with van der Waals surface area (Å²) in [6, 6.07) is 0. The lowest BCUT2D eigenvalue weighted by molar-refractivity contribution is 0.630. The van der Waals surface area contributed by atoms with E-state index >= 15 is 0 Å². The van der Waals surface area contributed by atoms with E-state index in [2.05, 4.69) is 27.7 Å². The van der Waals surface area contributed by atoms with Gasteiger partial charge in [-0.3, -0.25) is 0 Å². The zero-order valence-electron chi connectivity index (χ0n) is 6.20. The third-order valence-electron chi connectivity index (χ3n) is 1.30. The van der Waals surface area contributed by atoms with Crippen molar-refractivity contribution in [2.45, 2.75) is 33.6 Å². The fraction of sp³-hybridized carbons (Fsp3) is 0.750. The zero-order chi connectivity index (χ0) is 6.57. The summed E-state index contributed by atoms with van der Waals surface area (Å²) in [7, 11) is 0. The Balaban J connectivity index is 3.10. The van der Waals surface area contributed by atoms with Crippen molar-refractivity contribution in [2.75, 3.05) is 0 Å². The molecule has 0 heterocycles. The Labute approximate surface area is 53.3 Å². The minimum absolute atomic E-state index is 0.593. The van der Waals surface area contributed by atoms with Gasteiger partial charge in [0, 0.05) is 0 Å². The predicted molar refractivity (Wildman–Crippen MR) is 38.3 cm³/mol. The molecule has 0 nitrogen and oxygen atoms in total. The second kappa shape index (κ2) is 3.94. The van der Waals surface area contributed by atoms with Crippen LogP contribution < -0.4 is 0 Å². The Morgan fingerprint density at radius 1 is 1.62 bits per heavy atom. The first-order valence-corrected chi connectivity index (χ1v) is 3.31. The standard InChI is InChI=1S/C8H16/c1-5-8(4)6-7(2)3/h7H,2,5-6H2,1,3-4H3. The summed E-state index contributed by atoms with van der Waals surface area (Å²) in [6.45, 7) is 10.4. The first-order chi connectivity index (χ1) is 3.66. The zero-order valence-corrected chi connectivity index (χ0v) is 6.20. The van der Waals surface area contributed by atoms with Gasteiger partial charge in [0.1, 0.15) is 0 Å². The van der Waals surface area contributed by atoms with Gasteiger partial charge >= 0.3 is 0 Å². The molecule has 0 aromatic heterocycles. The molecule has 0 amide bonds. The van der Waals surface area contributed by atoms with Crippen LogP contribution in [0.25, 0.3) is 0 Å². The van der Waals surface area contributed by atoms with E-state index < -0.39 is 0 Å². The molecular formula is C8H16. The second-order valence-electron chi connectivity index (χ2n) is 2.62. The molecule has 0 aromatic carbocycles. The average Bonchev–Trinajstić information content (AvgIpc) is 1.65. The molecule has 0 bridgehead atoms. The normalized spacial score (nSPS) is 11.2. The third kappa shape index (κ3) is 4.17. The van der Waals surface area contributed by atoms with Crippen LogP contribution in [-0.2, 0) is 0 Å². The highest BCUT2D eigenvalue weighted by Gasteiger charge is 2.00. The number of hydrogen-bond donors (Lipinski definition) is 0. The molecule has 8 heavy (non-hydrogen) atoms. The maximum absolute atomic E-state index is 3.91. The maximum atomic E-state index is 3.91. The van der Waals surface area contributed by atoms with Gasteiger partial charge in [-0.1, -0.05) is 34.1 Å². The molecule has 0 saturated heterocycles. The Bertz CT molecular complexity index is 46.0. The van der Waals surface area contributed by atoms with Crippen LogP contribution in [0.15, 0.2) is 0 Å². The third-order valence-corrected chi connectivity index (χ3v) is 1.30. The maximum Gasteiger partial charge on any atom is -0.0272 e. The highest BCUT2D eigenvalue weighted by Crippen LogP contribution is 2.14. The van der Waals surface area contributed by atoms with Crippen molar-refractivity contribution in [3.8, 4) is 0 Å². The predicted octanol–water partition coefficient (Wildman–Crippen LogP) is 2.85. The molecule has 0 N–H and O–H groups in total. The minimum atomic E-state index is 0.593. The van der Waals surface area contributed by atoms with Crippen molar-refractivity contribution in [1.82, 2.24) is 0 Å². The lowest BCUT2D eigenvalue weighted by Crippen LogP contribution is -1.95. The van der Waals surface area contributed by atoms with Gasteiger partial charge in [0.2, 0.25) is 0 Å². The van der Waals surface area contributed by atoms with Gasteiger partial charge in [-0.15, -0.1) is 0 Å². The summed E-state index contributed by atoms with van der Waals surface area (Å²) in [5.74, 6) is 2.16. The van der Waals surface area contributed by atoms with Gasteiger partial charge < -0.3 is 0 Å². The Morgan fingerprint density at radius 2 is 2.12 bits per heavy atom. The van der Waals surface area contributed by atoms with Gasteiger partial charge in [-0.25, -0.2) is 0 Å². The van der Waals surface area contributed by atoms with Crippen LogP contribution in [0.1, 0.15) is 33.6 Å². The number of hydrogen-bond acceptors (Lipinski definition) is 0. The summed E-state index contributed by atoms with van der Waals surface area (Å²) in [4.78, 5) is 0. The highest BCUT2D eigenvalue weighted by molar-refractivity contribution is 4.83. The quantitative estimate of drug-likeness (QED) is 0.526. The van der Waals surface area contributed by atoms with Gasteiger partial charge in [-0.05, 0) is 18.3 Å². The summed E-state index contributed by atoms with van der Waals surface area (Å²) in [5, 5.41) is 0. The lowest BCUT2D eigenvalue weighted by Gasteiger charge is -2.08. The fourth-order valence-electron chi connectivity index (χ4n) is 0.739. The van der Waals surface area contributed by atoms with E-state index in [0.29, 0.717) is 5.92 Å². The summed E-state index contributed by atoms with van der Waals surface area (Å²) in [6.07, 6.45) is 2.40. The van der Waals surface area contributed by atoms with E-state index in [1.54, 1.807) is 5.92 Å². The smallest absolute Gasteiger partial charge is 0.0272 e. The molecule has 1 atom stereocenters. The van der Waals surface area contributed by atoms with E-state index in [0.717, 1.165) is 0 Å². The van der Waals surface area contributed by atoms with Gasteiger partial charge in [0.05, 0.1) is 0 Å². The largest absolute Gasteiger partial charge is 0.0648 e. The first kappa shape index (κ1) is 8.00. The van der Waals surface area contributed by atoms with Crippen LogP contribution in [-0.4, -0.2) is 0 Å². The van der Waals surface area contributed by atoms with Crippen molar-refractivity contribution in [1.29, 1.82) is 0 Å². The van der Waals surface area contributed by atoms with Gasteiger partial charge in [0.25, 0.3) is 0 Å². The van der Waals surface area contributed by atoms with Crippen LogP contribution in [0.4, 0.5) is 0 Å². The first-order valence-electron chi connectivity index (χ1n) is 3.31. The molecule has 1 unspecified atom stereocenters. The topological polar surface area (TPSA) is 0 Å². The molecule has 0 aliphatic carbocycles. The fourth-order valence-corrected chi connectivity index (χ4v) is 0.739. The van der Waals surface area contributed by atoms with Crippen LogP contribution >= 0.6 is 0 Å². The van der Waals surface area contributed by atoms with Crippen LogP contribution in [0.5, 0.6) is 0 Å². The van der Waals surface area contributed by atoms with Crippen molar-refractivity contribution in [2.24, 2.45) is 5.92 Å². The monoisotopic (exact) mass is 112 g/mol. The molecule has 0 aromatic rings. The van der Waals surface area contributed by atoms with Crippen molar-refractivity contribution in [3.05, 3.63) is 12.8 Å². The SMILES string of the molecule is [CH2]C(C)C[C](C)CC. The molecule has 0 aliphatic heterocycles. The van der Waals surface area contributed by atoms with Crippen LogP contribution in [0, 0.1) is 18.8 Å². The van der Waals surface area contributed by atoms with E-state index in [1.807, 2.05) is 0 Å². The van der Waals surface area contributed by atoms with Crippen molar-refractivity contribution < 1.29 is 0 Å². The average molecular weight is 112 g/mol. The Kier molecular flexibility index (Phi) is 3.94. The van der Waals surface area contributed by atoms with E-state index in [4.69, 9.17) is 0 Å². The molecule has 0 heteroatoms. The molecule has 0 aliphatic rings. The molecule has 0 rings (SSSR count). The highest BCUT2D eigenvalue weighted by atomic mass is 14.1. The van der Waals surface area contributed by atoms with Crippen LogP contribution in [0.2, 0.25) is 0 Å². The molecule has 2 radical (unpaired) electrons. The summed E-state index contributed by atoms with van der Waals surface area (Å²) in [5.41, 5.74) is 0. The van der Waals surface area contributed by atoms with E-state index in [-0.39, 0.29) is 0 Å². The molecular weight excluding hydrogens is 96.1 g/mol. The summed E-state index contributed by atoms with van der Waals surface area (Å²) >= 11 is 0. The van der Waals surface area contributed by atoms with Crippen molar-refractivity contribution in [3.63, 3.8) is 0 Å². The second-order valence-corrected chi connectivity index (χ2v) is 2.62. The Hall–Kier alpha value is 0. The van der Waals surface area contributed by atoms with E-state index in [1.165, 1.54) is 12.8 Å². The number of rotatable bonds is 3. The molecule has 0 saturated carbocycles. The van der Waals surface area contributed by atoms with Crippen molar-refractivity contribution >= 4 is 0 Å². The van der Waals surface area contributed by atoms with Crippen LogP contribution in [0.3, 0.4) is 0 Å². The molecule has 0 spiro atoms. The Morgan fingerprint density at radius 3 is 2.25 bits per heavy atom. The summed E-state index contributed by atoms with van der Waals surface area (Å²) < 4.78 is 0. The van der Waals surface area contributed by atoms with E-state index in [9.17, 15) is 0 Å². The molecule has 48 valence electrons. The van der Waals surface area contributed by atoms with Gasteiger partial charge in [0.15, 0.2) is 0 Å².